The predicted octanol–water partition coefficient (Wildman–Crippen LogP) is 0.681. The van der Waals surface area contributed by atoms with Crippen molar-refractivity contribution in [1.29, 1.82) is 0 Å². The molecule has 0 saturated carbocycles. The first-order valence-corrected chi connectivity index (χ1v) is 6.72. The third kappa shape index (κ3) is 3.42. The summed E-state index contributed by atoms with van der Waals surface area (Å²) in [5.74, 6) is 0.225. The third-order valence-corrected chi connectivity index (χ3v) is 3.88. The van der Waals surface area contributed by atoms with Gasteiger partial charge in [0.25, 0.3) is 0 Å². The van der Waals surface area contributed by atoms with Crippen LogP contribution in [0.15, 0.2) is 0 Å². The zero-order chi connectivity index (χ0) is 12.5. The van der Waals surface area contributed by atoms with Crippen molar-refractivity contribution in [2.45, 2.75) is 45.2 Å². The van der Waals surface area contributed by atoms with Crippen molar-refractivity contribution >= 4 is 5.91 Å². The maximum Gasteiger partial charge on any atom is 0.220 e. The van der Waals surface area contributed by atoms with Crippen LogP contribution in [0.5, 0.6) is 0 Å². The molecule has 2 aliphatic rings. The van der Waals surface area contributed by atoms with Gasteiger partial charge in [-0.15, -0.1) is 0 Å². The fraction of sp³-hybridized carbons (Fsp3) is 0.923. The second kappa shape index (κ2) is 4.94. The van der Waals surface area contributed by atoms with Crippen LogP contribution >= 0.6 is 0 Å². The minimum Gasteiger partial charge on any atom is -0.352 e. The van der Waals surface area contributed by atoms with Gasteiger partial charge in [-0.1, -0.05) is 0 Å². The molecule has 2 fully saturated rings. The molecule has 2 heterocycles. The SMILES string of the molecule is CC(C)(C)N1CCN(CC2CCC(=O)N2)CC1. The maximum atomic E-state index is 11.1. The molecule has 1 amide bonds. The first-order valence-electron chi connectivity index (χ1n) is 6.72. The van der Waals surface area contributed by atoms with Gasteiger partial charge in [-0.2, -0.15) is 0 Å². The summed E-state index contributed by atoms with van der Waals surface area (Å²) in [6.45, 7) is 12.4. The van der Waals surface area contributed by atoms with E-state index in [0.717, 1.165) is 39.1 Å². The van der Waals surface area contributed by atoms with Gasteiger partial charge in [-0.25, -0.2) is 0 Å². The highest BCUT2D eigenvalue weighted by Crippen LogP contribution is 2.16. The van der Waals surface area contributed by atoms with Crippen LogP contribution in [0.3, 0.4) is 0 Å². The van der Waals surface area contributed by atoms with Gasteiger partial charge in [-0.3, -0.25) is 14.6 Å². The minimum absolute atomic E-state index is 0.225. The van der Waals surface area contributed by atoms with E-state index in [1.54, 1.807) is 0 Å². The second-order valence-corrected chi connectivity index (χ2v) is 6.26. The number of nitrogens with zero attached hydrogens (tertiary/aromatic N) is 2. The van der Waals surface area contributed by atoms with Gasteiger partial charge in [0, 0.05) is 50.7 Å². The summed E-state index contributed by atoms with van der Waals surface area (Å²) < 4.78 is 0. The Morgan fingerprint density at radius 1 is 1.24 bits per heavy atom. The Balaban J connectivity index is 1.74. The third-order valence-electron chi connectivity index (χ3n) is 3.88. The second-order valence-electron chi connectivity index (χ2n) is 6.26. The van der Waals surface area contributed by atoms with E-state index in [-0.39, 0.29) is 11.4 Å². The summed E-state index contributed by atoms with van der Waals surface area (Å²) in [6, 6.07) is 0.392. The minimum atomic E-state index is 0.225. The monoisotopic (exact) mass is 239 g/mol. The van der Waals surface area contributed by atoms with Crippen molar-refractivity contribution in [3.05, 3.63) is 0 Å². The number of piperazine rings is 1. The Labute approximate surface area is 104 Å². The van der Waals surface area contributed by atoms with Crippen LogP contribution in [0.25, 0.3) is 0 Å². The highest BCUT2D eigenvalue weighted by Gasteiger charge is 2.28. The van der Waals surface area contributed by atoms with Crippen molar-refractivity contribution in [3.8, 4) is 0 Å². The highest BCUT2D eigenvalue weighted by atomic mass is 16.1. The Kier molecular flexibility index (Phi) is 3.73. The smallest absolute Gasteiger partial charge is 0.220 e. The first-order chi connectivity index (χ1) is 7.95. The predicted molar refractivity (Wildman–Crippen MR) is 68.9 cm³/mol. The van der Waals surface area contributed by atoms with Gasteiger partial charge in [0.2, 0.25) is 5.91 Å². The molecule has 0 bridgehead atoms. The summed E-state index contributed by atoms with van der Waals surface area (Å²) in [7, 11) is 0. The molecule has 0 spiro atoms. The van der Waals surface area contributed by atoms with E-state index >= 15 is 0 Å². The number of nitrogens with one attached hydrogen (secondary N) is 1. The van der Waals surface area contributed by atoms with Crippen molar-refractivity contribution in [1.82, 2.24) is 15.1 Å². The largest absolute Gasteiger partial charge is 0.352 e. The number of hydrogen-bond acceptors (Lipinski definition) is 3. The molecule has 0 radical (unpaired) electrons. The molecular formula is C13H25N3O. The average molecular weight is 239 g/mol. The molecule has 17 heavy (non-hydrogen) atoms. The lowest BCUT2D eigenvalue weighted by Crippen LogP contribution is -2.55. The zero-order valence-electron chi connectivity index (χ0n) is 11.3. The van der Waals surface area contributed by atoms with Gasteiger partial charge in [-0.05, 0) is 27.2 Å². The zero-order valence-corrected chi connectivity index (χ0v) is 11.3. The Morgan fingerprint density at radius 2 is 1.88 bits per heavy atom. The lowest BCUT2D eigenvalue weighted by atomic mass is 10.0. The van der Waals surface area contributed by atoms with Gasteiger partial charge < -0.3 is 5.32 Å². The van der Waals surface area contributed by atoms with E-state index in [2.05, 4.69) is 35.9 Å². The Bertz CT molecular complexity index is 277. The lowest BCUT2D eigenvalue weighted by molar-refractivity contribution is -0.119. The molecule has 1 atom stereocenters. The van der Waals surface area contributed by atoms with Crippen LogP contribution < -0.4 is 5.32 Å². The van der Waals surface area contributed by atoms with Crippen molar-refractivity contribution in [2.24, 2.45) is 0 Å². The maximum absolute atomic E-state index is 11.1. The number of carbonyl (C=O) groups is 1. The van der Waals surface area contributed by atoms with E-state index in [1.165, 1.54) is 0 Å². The van der Waals surface area contributed by atoms with Crippen LogP contribution in [-0.4, -0.2) is 60.0 Å². The molecule has 2 rings (SSSR count). The highest BCUT2D eigenvalue weighted by molar-refractivity contribution is 5.78. The first kappa shape index (κ1) is 12.8. The van der Waals surface area contributed by atoms with Crippen LogP contribution in [0.1, 0.15) is 33.6 Å². The summed E-state index contributed by atoms with van der Waals surface area (Å²) in [5, 5.41) is 3.05. The lowest BCUT2D eigenvalue weighted by Gasteiger charge is -2.42. The quantitative estimate of drug-likeness (QED) is 0.770. The van der Waals surface area contributed by atoms with Crippen molar-refractivity contribution in [2.75, 3.05) is 32.7 Å². The molecule has 0 aromatic heterocycles. The van der Waals surface area contributed by atoms with Crippen LogP contribution in [0.2, 0.25) is 0 Å². The molecule has 98 valence electrons. The number of carbonyl (C=O) groups excluding carboxylic acids is 1. The molecule has 2 aliphatic heterocycles. The van der Waals surface area contributed by atoms with Gasteiger partial charge in [0.05, 0.1) is 0 Å². The molecular weight excluding hydrogens is 214 g/mol. The van der Waals surface area contributed by atoms with E-state index in [9.17, 15) is 4.79 Å². The molecule has 0 aliphatic carbocycles. The number of amides is 1. The Hall–Kier alpha value is -0.610. The molecule has 0 aromatic carbocycles. The summed E-state index contributed by atoms with van der Waals surface area (Å²) in [6.07, 6.45) is 1.73. The molecule has 1 unspecified atom stereocenters. The van der Waals surface area contributed by atoms with Crippen LogP contribution in [0, 0.1) is 0 Å². The molecule has 4 nitrogen and oxygen atoms in total. The number of rotatable bonds is 2. The van der Waals surface area contributed by atoms with Crippen LogP contribution in [0.4, 0.5) is 0 Å². The fourth-order valence-electron chi connectivity index (χ4n) is 2.73. The fourth-order valence-corrected chi connectivity index (χ4v) is 2.73. The van der Waals surface area contributed by atoms with Gasteiger partial charge in [0.15, 0.2) is 0 Å². The number of hydrogen-bond donors (Lipinski definition) is 1. The van der Waals surface area contributed by atoms with Gasteiger partial charge in [0.1, 0.15) is 0 Å². The van der Waals surface area contributed by atoms with E-state index in [4.69, 9.17) is 0 Å². The van der Waals surface area contributed by atoms with E-state index < -0.39 is 0 Å². The topological polar surface area (TPSA) is 35.6 Å². The average Bonchev–Trinajstić information content (AvgIpc) is 2.63. The van der Waals surface area contributed by atoms with Crippen LogP contribution in [-0.2, 0) is 4.79 Å². The molecule has 0 aromatic rings. The summed E-state index contributed by atoms with van der Waals surface area (Å²) >= 11 is 0. The van der Waals surface area contributed by atoms with Gasteiger partial charge >= 0.3 is 0 Å². The van der Waals surface area contributed by atoms with E-state index in [0.29, 0.717) is 12.5 Å². The van der Waals surface area contributed by atoms with Crippen molar-refractivity contribution in [3.63, 3.8) is 0 Å². The Morgan fingerprint density at radius 3 is 2.35 bits per heavy atom. The standard InChI is InChI=1S/C13H25N3O/c1-13(2,3)16-8-6-15(7-9-16)10-11-4-5-12(17)14-11/h11H,4-10H2,1-3H3,(H,14,17). The molecule has 4 heteroatoms. The molecule has 2 saturated heterocycles. The molecule has 1 N–H and O–H groups in total. The van der Waals surface area contributed by atoms with Crippen molar-refractivity contribution < 1.29 is 4.79 Å². The van der Waals surface area contributed by atoms with E-state index in [1.807, 2.05) is 0 Å². The summed E-state index contributed by atoms with van der Waals surface area (Å²) in [4.78, 5) is 16.2. The summed E-state index contributed by atoms with van der Waals surface area (Å²) in [5.41, 5.74) is 0.285. The normalized spacial score (nSPS) is 28.4.